The van der Waals surface area contributed by atoms with Crippen LogP contribution in [0.4, 0.5) is 5.69 Å². The van der Waals surface area contributed by atoms with Gasteiger partial charge in [-0.1, -0.05) is 47.5 Å². The SMILES string of the molecule is BC1=C(CCCC)C(=O)N(c2ccccc2)C1(O)CBr. The van der Waals surface area contributed by atoms with Gasteiger partial charge >= 0.3 is 0 Å². The van der Waals surface area contributed by atoms with Crippen molar-refractivity contribution in [3.8, 4) is 0 Å². The minimum absolute atomic E-state index is 0.0795. The Bertz CT molecular complexity index is 532. The number of hydrogen-bond donors (Lipinski definition) is 1. The summed E-state index contributed by atoms with van der Waals surface area (Å²) < 4.78 is 0. The number of para-hydroxylation sites is 1. The lowest BCUT2D eigenvalue weighted by molar-refractivity contribution is -0.116. The number of unbranched alkanes of at least 4 members (excludes halogenated alkanes) is 1. The van der Waals surface area contributed by atoms with Crippen molar-refractivity contribution in [1.82, 2.24) is 0 Å². The number of halogens is 1. The van der Waals surface area contributed by atoms with E-state index in [1.54, 1.807) is 0 Å². The van der Waals surface area contributed by atoms with Gasteiger partial charge in [0.15, 0.2) is 5.72 Å². The molecule has 3 nitrogen and oxygen atoms in total. The summed E-state index contributed by atoms with van der Waals surface area (Å²) in [6, 6.07) is 9.34. The summed E-state index contributed by atoms with van der Waals surface area (Å²) in [6.07, 6.45) is 2.71. The van der Waals surface area contributed by atoms with Gasteiger partial charge in [0.25, 0.3) is 5.91 Å². The zero-order valence-electron chi connectivity index (χ0n) is 11.9. The number of carbonyl (C=O) groups is 1. The first kappa shape index (κ1) is 15.3. The van der Waals surface area contributed by atoms with Crippen LogP contribution in [0.5, 0.6) is 0 Å². The van der Waals surface area contributed by atoms with Crippen LogP contribution in [0.2, 0.25) is 0 Å². The standard InChI is InChI=1S/C15H19BBrNO2/c1-2-3-9-12-13(16)15(20,10-17)18(14(12)19)11-7-5-4-6-8-11/h4-8,20H,2-3,9-10,16H2,1H3. The number of amides is 1. The molecule has 1 aliphatic heterocycles. The fraction of sp³-hybridized carbons (Fsp3) is 0.400. The average Bonchev–Trinajstić information content (AvgIpc) is 2.66. The molecule has 106 valence electrons. The third-order valence-electron chi connectivity index (χ3n) is 3.87. The highest BCUT2D eigenvalue weighted by molar-refractivity contribution is 9.09. The van der Waals surface area contributed by atoms with E-state index >= 15 is 0 Å². The molecule has 1 aromatic rings. The molecular weight excluding hydrogens is 317 g/mol. The molecule has 20 heavy (non-hydrogen) atoms. The smallest absolute Gasteiger partial charge is 0.256 e. The number of carbonyl (C=O) groups excluding carboxylic acids is 1. The summed E-state index contributed by atoms with van der Waals surface area (Å²) in [5.74, 6) is -0.0795. The van der Waals surface area contributed by atoms with E-state index in [2.05, 4.69) is 22.9 Å². The van der Waals surface area contributed by atoms with Crippen LogP contribution in [-0.2, 0) is 4.79 Å². The van der Waals surface area contributed by atoms with Gasteiger partial charge in [-0.25, -0.2) is 0 Å². The van der Waals surface area contributed by atoms with Gasteiger partial charge in [0.05, 0.1) is 5.33 Å². The Labute approximate surface area is 129 Å². The molecule has 0 radical (unpaired) electrons. The third-order valence-corrected chi connectivity index (χ3v) is 4.65. The molecule has 1 atom stereocenters. The molecule has 2 rings (SSSR count). The summed E-state index contributed by atoms with van der Waals surface area (Å²) in [4.78, 5) is 14.2. The molecule has 1 unspecified atom stereocenters. The zero-order valence-corrected chi connectivity index (χ0v) is 13.5. The second-order valence-corrected chi connectivity index (χ2v) is 5.69. The van der Waals surface area contributed by atoms with Crippen molar-refractivity contribution in [2.45, 2.75) is 31.9 Å². The van der Waals surface area contributed by atoms with Crippen LogP contribution in [0, 0.1) is 0 Å². The van der Waals surface area contributed by atoms with Crippen molar-refractivity contribution in [2.24, 2.45) is 0 Å². The van der Waals surface area contributed by atoms with Crippen LogP contribution in [-0.4, -0.2) is 29.9 Å². The highest BCUT2D eigenvalue weighted by Gasteiger charge is 2.47. The van der Waals surface area contributed by atoms with E-state index in [1.165, 1.54) is 4.90 Å². The van der Waals surface area contributed by atoms with Gasteiger partial charge in [0.2, 0.25) is 0 Å². The number of aliphatic hydroxyl groups is 1. The van der Waals surface area contributed by atoms with Gasteiger partial charge in [-0.15, -0.1) is 0 Å². The van der Waals surface area contributed by atoms with Crippen LogP contribution in [0.15, 0.2) is 41.4 Å². The lowest BCUT2D eigenvalue weighted by Gasteiger charge is -2.34. The Morgan fingerprint density at radius 2 is 2.00 bits per heavy atom. The number of rotatable bonds is 5. The minimum Gasteiger partial charge on any atom is -0.367 e. The highest BCUT2D eigenvalue weighted by Crippen LogP contribution is 2.38. The molecule has 0 aromatic heterocycles. The average molecular weight is 336 g/mol. The molecule has 5 heteroatoms. The Kier molecular flexibility index (Phi) is 4.71. The van der Waals surface area contributed by atoms with E-state index < -0.39 is 5.72 Å². The third kappa shape index (κ3) is 2.45. The molecule has 1 N–H and O–H groups in total. The summed E-state index contributed by atoms with van der Waals surface area (Å²) in [5, 5.41) is 11.2. The van der Waals surface area contributed by atoms with Crippen LogP contribution < -0.4 is 4.90 Å². The van der Waals surface area contributed by atoms with Crippen LogP contribution in [0.3, 0.4) is 0 Å². The number of hydrogen-bond acceptors (Lipinski definition) is 2. The molecular formula is C15H19BBrNO2. The maximum absolute atomic E-state index is 12.7. The van der Waals surface area contributed by atoms with E-state index in [9.17, 15) is 9.90 Å². The second kappa shape index (κ2) is 6.14. The molecule has 1 aromatic carbocycles. The van der Waals surface area contributed by atoms with E-state index in [1.807, 2.05) is 38.2 Å². The topological polar surface area (TPSA) is 40.5 Å². The molecule has 0 bridgehead atoms. The lowest BCUT2D eigenvalue weighted by atomic mass is 9.83. The first-order valence-corrected chi connectivity index (χ1v) is 8.06. The summed E-state index contributed by atoms with van der Waals surface area (Å²) in [6.45, 7) is 2.10. The van der Waals surface area contributed by atoms with Gasteiger partial charge in [-0.2, -0.15) is 0 Å². The highest BCUT2D eigenvalue weighted by atomic mass is 79.9. The van der Waals surface area contributed by atoms with E-state index in [0.717, 1.165) is 36.0 Å². The quantitative estimate of drug-likeness (QED) is 0.662. The molecule has 1 aliphatic rings. The van der Waals surface area contributed by atoms with Gasteiger partial charge in [0, 0.05) is 11.3 Å². The first-order chi connectivity index (χ1) is 9.56. The van der Waals surface area contributed by atoms with Gasteiger partial charge < -0.3 is 5.11 Å². The molecule has 0 fully saturated rings. The number of anilines is 1. The summed E-state index contributed by atoms with van der Waals surface area (Å²) >= 11 is 3.36. The van der Waals surface area contributed by atoms with Crippen molar-refractivity contribution in [3.63, 3.8) is 0 Å². The predicted molar refractivity (Wildman–Crippen MR) is 87.8 cm³/mol. The van der Waals surface area contributed by atoms with Gasteiger partial charge in [0.1, 0.15) is 7.85 Å². The zero-order chi connectivity index (χ0) is 14.8. The van der Waals surface area contributed by atoms with E-state index in [0.29, 0.717) is 5.33 Å². The maximum atomic E-state index is 12.7. The molecule has 1 heterocycles. The van der Waals surface area contributed by atoms with Crippen molar-refractivity contribution >= 4 is 35.4 Å². The second-order valence-electron chi connectivity index (χ2n) is 5.13. The number of alkyl halides is 1. The number of nitrogens with zero attached hydrogens (tertiary/aromatic N) is 1. The molecule has 1 amide bonds. The van der Waals surface area contributed by atoms with E-state index in [4.69, 9.17) is 0 Å². The normalized spacial score (nSPS) is 22.8. The predicted octanol–water partition coefficient (Wildman–Crippen LogP) is 2.19. The summed E-state index contributed by atoms with van der Waals surface area (Å²) in [7, 11) is 1.85. The monoisotopic (exact) mass is 335 g/mol. The van der Waals surface area contributed by atoms with Crippen molar-refractivity contribution in [2.75, 3.05) is 10.2 Å². The van der Waals surface area contributed by atoms with Crippen molar-refractivity contribution < 1.29 is 9.90 Å². The molecule has 0 spiro atoms. The minimum atomic E-state index is -1.26. The Balaban J connectivity index is 2.43. The van der Waals surface area contributed by atoms with Crippen LogP contribution >= 0.6 is 15.9 Å². The molecule has 0 saturated heterocycles. The van der Waals surface area contributed by atoms with Crippen LogP contribution in [0.1, 0.15) is 26.2 Å². The Hall–Kier alpha value is -1.07. The van der Waals surface area contributed by atoms with Gasteiger partial charge in [-0.3, -0.25) is 9.69 Å². The molecule has 0 aliphatic carbocycles. The fourth-order valence-electron chi connectivity index (χ4n) is 2.59. The fourth-order valence-corrected chi connectivity index (χ4v) is 3.26. The first-order valence-electron chi connectivity index (χ1n) is 6.94. The summed E-state index contributed by atoms with van der Waals surface area (Å²) in [5.41, 5.74) is 0.973. The van der Waals surface area contributed by atoms with Gasteiger partial charge in [-0.05, 0) is 30.4 Å². The van der Waals surface area contributed by atoms with Crippen molar-refractivity contribution in [3.05, 3.63) is 41.4 Å². The molecule has 0 saturated carbocycles. The largest absolute Gasteiger partial charge is 0.367 e. The Morgan fingerprint density at radius 1 is 1.35 bits per heavy atom. The number of benzene rings is 1. The maximum Gasteiger partial charge on any atom is 0.256 e. The van der Waals surface area contributed by atoms with Crippen LogP contribution in [0.25, 0.3) is 0 Å². The lowest BCUT2D eigenvalue weighted by Crippen LogP contribution is -2.50. The Morgan fingerprint density at radius 3 is 2.55 bits per heavy atom. The van der Waals surface area contributed by atoms with Crippen molar-refractivity contribution in [1.29, 1.82) is 0 Å². The van der Waals surface area contributed by atoms with E-state index in [-0.39, 0.29) is 5.91 Å².